The molecule has 0 unspecified atom stereocenters. The van der Waals surface area contributed by atoms with Crippen molar-refractivity contribution in [2.75, 3.05) is 46.9 Å². The van der Waals surface area contributed by atoms with E-state index in [1.165, 1.54) is 19.1 Å². The summed E-state index contributed by atoms with van der Waals surface area (Å²) in [5.74, 6) is -1.46. The summed E-state index contributed by atoms with van der Waals surface area (Å²) >= 11 is 0. The lowest BCUT2D eigenvalue weighted by molar-refractivity contribution is -0.147. The molecule has 0 aliphatic rings. The minimum Gasteiger partial charge on any atom is -0.468 e. The molecule has 0 fully saturated rings. The summed E-state index contributed by atoms with van der Waals surface area (Å²) in [5, 5.41) is 3.29. The lowest BCUT2D eigenvalue weighted by atomic mass is 10.4. The molecule has 0 saturated heterocycles. The third-order valence-corrected chi connectivity index (χ3v) is 2.41. The number of rotatable bonds is 8. The van der Waals surface area contributed by atoms with Crippen molar-refractivity contribution in [3.8, 4) is 0 Å². The number of amides is 2. The van der Waals surface area contributed by atoms with E-state index in [0.717, 1.165) is 4.90 Å². The first-order chi connectivity index (χ1) is 9.46. The fourth-order valence-corrected chi connectivity index (χ4v) is 1.26. The highest BCUT2D eigenvalue weighted by atomic mass is 16.5. The van der Waals surface area contributed by atoms with E-state index in [9.17, 15) is 14.4 Å². The second-order valence-corrected chi connectivity index (χ2v) is 3.80. The first-order valence-corrected chi connectivity index (χ1v) is 5.75. The Bertz CT molecular complexity index is 407. The van der Waals surface area contributed by atoms with E-state index >= 15 is 0 Å². The first kappa shape index (κ1) is 17.7. The fraction of sp³-hybridized carbons (Fsp3) is 0.700. The van der Waals surface area contributed by atoms with Crippen LogP contribution in [0.15, 0.2) is 5.11 Å². The van der Waals surface area contributed by atoms with Gasteiger partial charge in [0.15, 0.2) is 0 Å². The molecule has 112 valence electrons. The average molecular weight is 286 g/mol. The summed E-state index contributed by atoms with van der Waals surface area (Å²) in [6.45, 7) is -0.598. The number of nitrogens with zero attached hydrogens (tertiary/aromatic N) is 5. The molecule has 20 heavy (non-hydrogen) atoms. The molecular weight excluding hydrogens is 268 g/mol. The predicted octanol–water partition coefficient (Wildman–Crippen LogP) is -1.28. The molecule has 2 N–H and O–H groups in total. The first-order valence-electron chi connectivity index (χ1n) is 5.75. The number of hydrogen-bond donors (Lipinski definition) is 1. The molecule has 0 heterocycles. The van der Waals surface area contributed by atoms with Crippen molar-refractivity contribution in [2.45, 2.75) is 0 Å². The number of carbonyl (C=O) groups excluding carboxylic acids is 3. The van der Waals surface area contributed by atoms with Gasteiger partial charge in [0.05, 0.1) is 20.2 Å². The normalized spacial score (nSPS) is 9.35. The highest BCUT2D eigenvalue weighted by Gasteiger charge is 2.19. The van der Waals surface area contributed by atoms with Crippen molar-refractivity contribution in [3.63, 3.8) is 0 Å². The summed E-state index contributed by atoms with van der Waals surface area (Å²) in [4.78, 5) is 39.3. The van der Waals surface area contributed by atoms with E-state index in [2.05, 4.69) is 14.8 Å². The minimum absolute atomic E-state index is 0.0379. The summed E-state index contributed by atoms with van der Waals surface area (Å²) in [6, 6.07) is 0. The van der Waals surface area contributed by atoms with Gasteiger partial charge < -0.3 is 20.3 Å². The lowest BCUT2D eigenvalue weighted by Crippen LogP contribution is -2.45. The molecule has 0 aromatic heterocycles. The highest BCUT2D eigenvalue weighted by Crippen LogP contribution is 1.95. The number of esters is 1. The van der Waals surface area contributed by atoms with Gasteiger partial charge in [-0.3, -0.25) is 14.4 Å². The highest BCUT2D eigenvalue weighted by molar-refractivity contribution is 5.87. The molecule has 2 amide bonds. The summed E-state index contributed by atoms with van der Waals surface area (Å²) < 4.78 is 4.44. The summed E-state index contributed by atoms with van der Waals surface area (Å²) in [6.07, 6.45) is 0. The van der Waals surface area contributed by atoms with Crippen LogP contribution in [0.5, 0.6) is 0 Å². The molecule has 0 spiro atoms. The number of nitrogens with two attached hydrogens (primary N) is 1. The fourth-order valence-electron chi connectivity index (χ4n) is 1.26. The second kappa shape index (κ2) is 9.59. The Hall–Kier alpha value is -2.32. The van der Waals surface area contributed by atoms with Crippen LogP contribution in [0.2, 0.25) is 0 Å². The van der Waals surface area contributed by atoms with Crippen LogP contribution >= 0.6 is 0 Å². The average Bonchev–Trinajstić information content (AvgIpc) is 2.44. The van der Waals surface area contributed by atoms with Crippen molar-refractivity contribution >= 4 is 17.8 Å². The number of ether oxygens (including phenoxy) is 1. The Labute approximate surface area is 116 Å². The molecule has 0 bridgehead atoms. The van der Waals surface area contributed by atoms with Crippen LogP contribution in [0.25, 0.3) is 10.4 Å². The zero-order valence-electron chi connectivity index (χ0n) is 11.5. The molecule has 0 aromatic carbocycles. The van der Waals surface area contributed by atoms with Crippen LogP contribution < -0.4 is 5.73 Å². The van der Waals surface area contributed by atoms with Crippen LogP contribution in [-0.2, 0) is 19.1 Å². The summed E-state index contributed by atoms with van der Waals surface area (Å²) in [5.41, 5.74) is 13.4. The van der Waals surface area contributed by atoms with Crippen LogP contribution in [0, 0.1) is 0 Å². The molecule has 0 aliphatic heterocycles. The molecule has 0 atom stereocenters. The monoisotopic (exact) mass is 286 g/mol. The van der Waals surface area contributed by atoms with Gasteiger partial charge in [0.25, 0.3) is 0 Å². The Balaban J connectivity index is 4.54. The smallest absolute Gasteiger partial charge is 0.325 e. The standard InChI is InChI=1S/C10H18N6O4/c1-15(7-10(19)20-2)9(18)6-16(8(17)5-11)4-3-13-14-12/h3-7,11H2,1-2H3. The maximum absolute atomic E-state index is 11.8. The number of hydrogen-bond acceptors (Lipinski definition) is 6. The molecule has 10 heteroatoms. The van der Waals surface area contributed by atoms with Gasteiger partial charge in [-0.05, 0) is 5.53 Å². The van der Waals surface area contributed by atoms with E-state index in [1.807, 2.05) is 0 Å². The van der Waals surface area contributed by atoms with Gasteiger partial charge in [-0.1, -0.05) is 5.11 Å². The van der Waals surface area contributed by atoms with E-state index < -0.39 is 17.8 Å². The van der Waals surface area contributed by atoms with Gasteiger partial charge >= 0.3 is 5.97 Å². The molecule has 10 nitrogen and oxygen atoms in total. The largest absolute Gasteiger partial charge is 0.468 e. The van der Waals surface area contributed by atoms with Crippen LogP contribution in [0.1, 0.15) is 0 Å². The third-order valence-electron chi connectivity index (χ3n) is 2.41. The zero-order valence-corrected chi connectivity index (χ0v) is 11.5. The summed E-state index contributed by atoms with van der Waals surface area (Å²) in [7, 11) is 2.63. The van der Waals surface area contributed by atoms with Gasteiger partial charge in [0.2, 0.25) is 11.8 Å². The van der Waals surface area contributed by atoms with Gasteiger partial charge in [0.1, 0.15) is 6.54 Å². The Morgan fingerprint density at radius 2 is 1.95 bits per heavy atom. The van der Waals surface area contributed by atoms with Crippen LogP contribution in [0.4, 0.5) is 0 Å². The SMILES string of the molecule is COC(=O)CN(C)C(=O)CN(CCN=[N+]=[N-])C(=O)CN. The maximum Gasteiger partial charge on any atom is 0.325 e. The topological polar surface area (TPSA) is 142 Å². The maximum atomic E-state index is 11.8. The van der Waals surface area contributed by atoms with Crippen LogP contribution in [-0.4, -0.2) is 74.5 Å². The van der Waals surface area contributed by atoms with Gasteiger partial charge in [-0.15, -0.1) is 0 Å². The van der Waals surface area contributed by atoms with Gasteiger partial charge in [-0.25, -0.2) is 0 Å². The predicted molar refractivity (Wildman–Crippen MR) is 69.3 cm³/mol. The lowest BCUT2D eigenvalue weighted by Gasteiger charge is -2.23. The number of carbonyl (C=O) groups is 3. The van der Waals surface area contributed by atoms with E-state index in [0.29, 0.717) is 0 Å². The molecular formula is C10H18N6O4. The van der Waals surface area contributed by atoms with E-state index in [-0.39, 0.29) is 32.7 Å². The van der Waals surface area contributed by atoms with Crippen LogP contribution in [0.3, 0.4) is 0 Å². The van der Waals surface area contributed by atoms with Crippen molar-refractivity contribution in [2.24, 2.45) is 10.8 Å². The van der Waals surface area contributed by atoms with E-state index in [1.54, 1.807) is 0 Å². The van der Waals surface area contributed by atoms with E-state index in [4.69, 9.17) is 11.3 Å². The second-order valence-electron chi connectivity index (χ2n) is 3.80. The number of likely N-dealkylation sites (N-methyl/N-ethyl adjacent to an activating group) is 1. The number of azide groups is 1. The van der Waals surface area contributed by atoms with Crippen molar-refractivity contribution in [1.29, 1.82) is 0 Å². The zero-order chi connectivity index (χ0) is 15.5. The van der Waals surface area contributed by atoms with Crippen molar-refractivity contribution < 1.29 is 19.1 Å². The Morgan fingerprint density at radius 1 is 1.30 bits per heavy atom. The third kappa shape index (κ3) is 6.57. The quantitative estimate of drug-likeness (QED) is 0.256. The van der Waals surface area contributed by atoms with Crippen molar-refractivity contribution in [1.82, 2.24) is 9.80 Å². The van der Waals surface area contributed by atoms with Gasteiger partial charge in [0, 0.05) is 25.0 Å². The molecule has 0 radical (unpaired) electrons. The molecule has 0 aliphatic carbocycles. The number of methoxy groups -OCH3 is 1. The Kier molecular flexibility index (Phi) is 8.48. The molecule has 0 saturated carbocycles. The van der Waals surface area contributed by atoms with Gasteiger partial charge in [-0.2, -0.15) is 0 Å². The Morgan fingerprint density at radius 3 is 2.45 bits per heavy atom. The van der Waals surface area contributed by atoms with Crippen molar-refractivity contribution in [3.05, 3.63) is 10.4 Å². The minimum atomic E-state index is -0.563. The molecule has 0 aromatic rings. The molecule has 0 rings (SSSR count).